The van der Waals surface area contributed by atoms with Crippen LogP contribution in [-0.2, 0) is 0 Å². The van der Waals surface area contributed by atoms with E-state index in [1.807, 2.05) is 18.5 Å². The van der Waals surface area contributed by atoms with Crippen LogP contribution >= 0.6 is 0 Å². The van der Waals surface area contributed by atoms with Gasteiger partial charge in [-0.15, -0.1) is 0 Å². The van der Waals surface area contributed by atoms with Crippen molar-refractivity contribution < 1.29 is 0 Å². The Morgan fingerprint density at radius 3 is 1.95 bits per heavy atom. The topological polar surface area (TPSA) is 24.9 Å². The van der Waals surface area contributed by atoms with Crippen molar-refractivity contribution in [2.45, 2.75) is 45.7 Å². The molecule has 0 aliphatic rings. The van der Waals surface area contributed by atoms with Crippen molar-refractivity contribution in [1.29, 1.82) is 0 Å². The highest BCUT2D eigenvalue weighted by molar-refractivity contribution is 5.27. The summed E-state index contributed by atoms with van der Waals surface area (Å²) in [6.07, 6.45) is 3.73. The number of nitrogens with one attached hydrogen (secondary N) is 1. The fourth-order valence-electron chi connectivity index (χ4n) is 2.37. The van der Waals surface area contributed by atoms with Crippen molar-refractivity contribution in [1.82, 2.24) is 10.3 Å². The van der Waals surface area contributed by atoms with Crippen LogP contribution in [0.2, 0.25) is 0 Å². The fourth-order valence-corrected chi connectivity index (χ4v) is 2.37. The molecule has 2 aromatic rings. The zero-order valence-corrected chi connectivity index (χ0v) is 12.8. The first-order valence-electron chi connectivity index (χ1n) is 7.33. The third-order valence-electron chi connectivity index (χ3n) is 3.79. The van der Waals surface area contributed by atoms with Gasteiger partial charge in [-0.3, -0.25) is 4.98 Å². The van der Waals surface area contributed by atoms with Crippen LogP contribution in [0.4, 0.5) is 0 Å². The number of nitrogens with zero attached hydrogens (tertiary/aromatic N) is 1. The highest BCUT2D eigenvalue weighted by Gasteiger charge is 2.11. The summed E-state index contributed by atoms with van der Waals surface area (Å²) >= 11 is 0. The standard InChI is InChI=1S/C18H24N2/c1-13(2)16-7-9-17(10-8-16)14(3)20-15(4)18-6-5-11-19-12-18/h5-15,20H,1-4H3. The number of hydrogen-bond donors (Lipinski definition) is 1. The average molecular weight is 268 g/mol. The first-order chi connectivity index (χ1) is 9.58. The molecule has 0 fully saturated rings. The van der Waals surface area contributed by atoms with E-state index in [0.717, 1.165) is 0 Å². The maximum absolute atomic E-state index is 4.18. The minimum atomic E-state index is 0.295. The second-order valence-corrected chi connectivity index (χ2v) is 5.72. The van der Waals surface area contributed by atoms with Gasteiger partial charge in [0.05, 0.1) is 0 Å². The molecule has 106 valence electrons. The van der Waals surface area contributed by atoms with Gasteiger partial charge in [0.1, 0.15) is 0 Å². The molecule has 20 heavy (non-hydrogen) atoms. The van der Waals surface area contributed by atoms with Crippen molar-refractivity contribution >= 4 is 0 Å². The largest absolute Gasteiger partial charge is 0.304 e. The van der Waals surface area contributed by atoms with Crippen molar-refractivity contribution in [3.05, 3.63) is 65.5 Å². The van der Waals surface area contributed by atoms with Gasteiger partial charge in [0.15, 0.2) is 0 Å². The van der Waals surface area contributed by atoms with Crippen LogP contribution in [0.15, 0.2) is 48.8 Å². The molecule has 0 spiro atoms. The number of pyridine rings is 1. The normalized spacial score (nSPS) is 14.2. The maximum atomic E-state index is 4.18. The number of rotatable bonds is 5. The maximum Gasteiger partial charge on any atom is 0.0315 e. The molecule has 0 saturated carbocycles. The fraction of sp³-hybridized carbons (Fsp3) is 0.389. The van der Waals surface area contributed by atoms with Gasteiger partial charge in [0.2, 0.25) is 0 Å². The molecule has 1 aromatic heterocycles. The monoisotopic (exact) mass is 268 g/mol. The summed E-state index contributed by atoms with van der Waals surface area (Å²) in [7, 11) is 0. The van der Waals surface area contributed by atoms with Crippen LogP contribution in [-0.4, -0.2) is 4.98 Å². The number of hydrogen-bond acceptors (Lipinski definition) is 2. The first-order valence-corrected chi connectivity index (χ1v) is 7.33. The predicted molar refractivity (Wildman–Crippen MR) is 84.7 cm³/mol. The minimum absolute atomic E-state index is 0.295. The molecule has 0 amide bonds. The summed E-state index contributed by atoms with van der Waals surface area (Å²) in [5.41, 5.74) is 3.93. The molecule has 0 aliphatic heterocycles. The summed E-state index contributed by atoms with van der Waals surface area (Å²) < 4.78 is 0. The lowest BCUT2D eigenvalue weighted by Crippen LogP contribution is -2.22. The molecule has 2 unspecified atom stereocenters. The van der Waals surface area contributed by atoms with E-state index in [2.05, 4.69) is 68.3 Å². The molecule has 1 N–H and O–H groups in total. The molecule has 2 heteroatoms. The Morgan fingerprint density at radius 1 is 0.800 bits per heavy atom. The molecule has 0 bridgehead atoms. The Kier molecular flexibility index (Phi) is 4.91. The molecule has 1 aromatic carbocycles. The summed E-state index contributed by atoms with van der Waals surface area (Å²) in [6.45, 7) is 8.83. The Hall–Kier alpha value is -1.67. The second kappa shape index (κ2) is 6.67. The summed E-state index contributed by atoms with van der Waals surface area (Å²) in [4.78, 5) is 4.18. The van der Waals surface area contributed by atoms with Crippen LogP contribution in [0.5, 0.6) is 0 Å². The van der Waals surface area contributed by atoms with E-state index >= 15 is 0 Å². The third kappa shape index (κ3) is 3.67. The highest BCUT2D eigenvalue weighted by Crippen LogP contribution is 2.21. The van der Waals surface area contributed by atoms with Crippen LogP contribution < -0.4 is 5.32 Å². The molecular weight excluding hydrogens is 244 g/mol. The van der Waals surface area contributed by atoms with Gasteiger partial charge in [-0.1, -0.05) is 44.2 Å². The van der Waals surface area contributed by atoms with Crippen LogP contribution in [0, 0.1) is 0 Å². The third-order valence-corrected chi connectivity index (χ3v) is 3.79. The van der Waals surface area contributed by atoms with Gasteiger partial charge in [-0.2, -0.15) is 0 Å². The molecule has 2 nitrogen and oxygen atoms in total. The number of benzene rings is 1. The van der Waals surface area contributed by atoms with Crippen molar-refractivity contribution in [2.24, 2.45) is 0 Å². The zero-order chi connectivity index (χ0) is 14.5. The van der Waals surface area contributed by atoms with E-state index in [1.165, 1.54) is 16.7 Å². The van der Waals surface area contributed by atoms with Crippen LogP contribution in [0.1, 0.15) is 62.4 Å². The molecule has 1 heterocycles. The summed E-state index contributed by atoms with van der Waals surface area (Å²) in [5, 5.41) is 3.62. The molecule has 2 rings (SSSR count). The summed E-state index contributed by atoms with van der Waals surface area (Å²) in [5.74, 6) is 0.585. The van der Waals surface area contributed by atoms with Gasteiger partial charge in [0, 0.05) is 24.5 Å². The van der Waals surface area contributed by atoms with Crippen molar-refractivity contribution in [3.8, 4) is 0 Å². The predicted octanol–water partition coefficient (Wildman–Crippen LogP) is 4.62. The zero-order valence-electron chi connectivity index (χ0n) is 12.8. The van der Waals surface area contributed by atoms with E-state index in [1.54, 1.807) is 0 Å². The van der Waals surface area contributed by atoms with Gasteiger partial charge < -0.3 is 5.32 Å². The second-order valence-electron chi connectivity index (χ2n) is 5.72. The van der Waals surface area contributed by atoms with Gasteiger partial charge >= 0.3 is 0 Å². The lowest BCUT2D eigenvalue weighted by atomic mass is 9.99. The lowest BCUT2D eigenvalue weighted by molar-refractivity contribution is 0.493. The first kappa shape index (κ1) is 14.7. The van der Waals surface area contributed by atoms with Crippen molar-refractivity contribution in [3.63, 3.8) is 0 Å². The molecule has 0 aliphatic carbocycles. The van der Waals surface area contributed by atoms with E-state index in [-0.39, 0.29) is 0 Å². The number of aromatic nitrogens is 1. The van der Waals surface area contributed by atoms with Crippen LogP contribution in [0.3, 0.4) is 0 Å². The Labute approximate surface area is 122 Å². The van der Waals surface area contributed by atoms with Gasteiger partial charge in [-0.25, -0.2) is 0 Å². The lowest BCUT2D eigenvalue weighted by Gasteiger charge is -2.21. The minimum Gasteiger partial charge on any atom is -0.304 e. The van der Waals surface area contributed by atoms with E-state index < -0.39 is 0 Å². The van der Waals surface area contributed by atoms with Gasteiger partial charge in [-0.05, 0) is 42.5 Å². The molecular formula is C18H24N2. The van der Waals surface area contributed by atoms with Crippen LogP contribution in [0.25, 0.3) is 0 Å². The van der Waals surface area contributed by atoms with E-state index in [0.29, 0.717) is 18.0 Å². The van der Waals surface area contributed by atoms with E-state index in [4.69, 9.17) is 0 Å². The smallest absolute Gasteiger partial charge is 0.0315 e. The van der Waals surface area contributed by atoms with Crippen molar-refractivity contribution in [2.75, 3.05) is 0 Å². The Bertz CT molecular complexity index is 517. The Morgan fingerprint density at radius 2 is 1.40 bits per heavy atom. The average Bonchev–Trinajstić information content (AvgIpc) is 2.48. The van der Waals surface area contributed by atoms with E-state index in [9.17, 15) is 0 Å². The Balaban J connectivity index is 2.02. The SMILES string of the molecule is CC(C)c1ccc(C(C)NC(C)c2cccnc2)cc1. The quantitative estimate of drug-likeness (QED) is 0.856. The van der Waals surface area contributed by atoms with Gasteiger partial charge in [0.25, 0.3) is 0 Å². The summed E-state index contributed by atoms with van der Waals surface area (Å²) in [6, 6.07) is 13.6. The molecule has 0 saturated heterocycles. The molecule has 0 radical (unpaired) electrons. The highest BCUT2D eigenvalue weighted by atomic mass is 14.9. The molecule has 2 atom stereocenters.